The summed E-state index contributed by atoms with van der Waals surface area (Å²) in [6.07, 6.45) is 1.10. The summed E-state index contributed by atoms with van der Waals surface area (Å²) in [6.45, 7) is 0. The minimum absolute atomic E-state index is 0. The molecule has 0 unspecified atom stereocenters. The zero-order valence-corrected chi connectivity index (χ0v) is 9.94. The average Bonchev–Trinajstić information content (AvgIpc) is 1.94. The second-order valence-electron chi connectivity index (χ2n) is 2.19. The van der Waals surface area contributed by atoms with Gasteiger partial charge in [0.15, 0.2) is 0 Å². The molecule has 0 fully saturated rings. The summed E-state index contributed by atoms with van der Waals surface area (Å²) in [5, 5.41) is 0.897. The Morgan fingerprint density at radius 3 is 2.45 bits per heavy atom. The van der Waals surface area contributed by atoms with Crippen LogP contribution >= 0.6 is 11.6 Å². The van der Waals surface area contributed by atoms with Crippen molar-refractivity contribution in [3.63, 3.8) is 0 Å². The van der Waals surface area contributed by atoms with E-state index >= 15 is 0 Å². The monoisotopic (exact) mass is 242 g/mol. The van der Waals surface area contributed by atoms with Crippen molar-refractivity contribution in [1.82, 2.24) is 0 Å². The van der Waals surface area contributed by atoms with E-state index in [0.29, 0.717) is 0 Å². The predicted molar refractivity (Wildman–Crippen MR) is 45.7 cm³/mol. The van der Waals surface area contributed by atoms with Crippen molar-refractivity contribution in [3.05, 3.63) is 34.9 Å². The molecule has 0 radical (unpaired) electrons. The van der Waals surface area contributed by atoms with Gasteiger partial charge in [-0.25, -0.2) is 0 Å². The maximum absolute atomic E-state index is 5.91. The van der Waals surface area contributed by atoms with E-state index in [4.69, 9.17) is 11.6 Å². The van der Waals surface area contributed by atoms with Gasteiger partial charge in [0.05, 0.1) is 0 Å². The first-order chi connectivity index (χ1) is 4.84. The van der Waals surface area contributed by atoms with Crippen molar-refractivity contribution in [2.24, 2.45) is 0 Å². The summed E-state index contributed by atoms with van der Waals surface area (Å²) < 4.78 is 1.18. The first-order valence-corrected chi connectivity index (χ1v) is 4.75. The zero-order chi connectivity index (χ0) is 7.40. The second-order valence-corrected chi connectivity index (χ2v) is 3.31. The second kappa shape index (κ2) is 6.29. The predicted octanol–water partition coefficient (Wildman–Crippen LogP) is -0.527. The summed E-state index contributed by atoms with van der Waals surface area (Å²) in [4.78, 5) is 0. The van der Waals surface area contributed by atoms with Crippen LogP contribution in [0.5, 0.6) is 0 Å². The van der Waals surface area contributed by atoms with Crippen LogP contribution in [0.4, 0.5) is 0 Å². The zero-order valence-electron chi connectivity index (χ0n) is 6.19. The molecule has 1 aromatic carbocycles. The third-order valence-corrected chi connectivity index (χ3v) is 2.13. The fourth-order valence-corrected chi connectivity index (χ4v) is 1.50. The number of hydrogen-bond acceptors (Lipinski definition) is 0. The molecular weight excluding hydrogens is 236 g/mol. The topological polar surface area (TPSA) is 0 Å². The first kappa shape index (κ1) is 11.8. The normalized spacial score (nSPS) is 9.00. The summed E-state index contributed by atoms with van der Waals surface area (Å²) >= 11 is 7.88. The van der Waals surface area contributed by atoms with Crippen molar-refractivity contribution in [1.29, 1.82) is 0 Å². The maximum atomic E-state index is 5.91. The number of benzene rings is 1. The third-order valence-electron chi connectivity index (χ3n) is 1.40. The van der Waals surface area contributed by atoms with Gasteiger partial charge in [0.2, 0.25) is 0 Å². The molecule has 11 heavy (non-hydrogen) atoms. The van der Waals surface area contributed by atoms with Gasteiger partial charge in [-0.3, -0.25) is 0 Å². The molecule has 0 aliphatic heterocycles. The van der Waals surface area contributed by atoms with Gasteiger partial charge in [-0.1, -0.05) is 0 Å². The van der Waals surface area contributed by atoms with Crippen molar-refractivity contribution in [2.75, 3.05) is 0 Å². The average molecular weight is 244 g/mol. The van der Waals surface area contributed by atoms with E-state index in [-0.39, 0.29) is 17.0 Å². The Kier molecular flexibility index (Phi) is 6.72. The molecule has 3 heteroatoms. The molecule has 1 rings (SSSR count). The Morgan fingerprint density at radius 1 is 1.27 bits per heavy atom. The van der Waals surface area contributed by atoms with Gasteiger partial charge in [-0.15, -0.1) is 0 Å². The molecule has 0 aromatic heterocycles. The molecule has 56 valence electrons. The molecule has 0 saturated carbocycles. The Labute approximate surface area is 95.5 Å². The molecule has 0 nitrogen and oxygen atoms in total. The number of halogens is 2. The Hall–Kier alpha value is 0.756. The van der Waals surface area contributed by atoms with E-state index in [0.717, 1.165) is 11.4 Å². The van der Waals surface area contributed by atoms with Gasteiger partial charge in [-0.05, 0) is 0 Å². The van der Waals surface area contributed by atoms with Crippen LogP contribution in [-0.4, -0.2) is 21.7 Å². The molecule has 1 aromatic rings. The molecule has 0 bridgehead atoms. The summed E-state index contributed by atoms with van der Waals surface area (Å²) in [5.74, 6) is 0. The number of aryl methyl sites for hydroxylation is 1. The van der Waals surface area contributed by atoms with Crippen molar-refractivity contribution in [3.8, 4) is 0 Å². The number of hydrogen-bond donors (Lipinski definition) is 0. The van der Waals surface area contributed by atoms with Gasteiger partial charge in [0.25, 0.3) is 0 Å². The molecule has 0 saturated heterocycles. The van der Waals surface area contributed by atoms with Gasteiger partial charge in [0.1, 0.15) is 0 Å². The van der Waals surface area contributed by atoms with Crippen LogP contribution in [-0.2, 0) is 6.42 Å². The Bertz CT molecular complexity index is 215. The van der Waals surface area contributed by atoms with E-state index in [1.165, 1.54) is 10.1 Å². The first-order valence-electron chi connectivity index (χ1n) is 3.37. The van der Waals surface area contributed by atoms with E-state index < -0.39 is 0 Å². The van der Waals surface area contributed by atoms with E-state index in [1.54, 1.807) is 0 Å². The minimum atomic E-state index is 0. The van der Waals surface area contributed by atoms with Gasteiger partial charge in [-0.2, -0.15) is 0 Å². The molecule has 0 spiro atoms. The number of rotatable bonds is 2. The van der Waals surface area contributed by atoms with E-state index in [1.807, 2.05) is 39.9 Å². The van der Waals surface area contributed by atoms with Crippen molar-refractivity contribution in [2.45, 2.75) is 11.0 Å². The molecular formula is C8H8BrClMg. The molecule has 0 N–H and O–H groups in total. The molecule has 0 aliphatic carbocycles. The van der Waals surface area contributed by atoms with Crippen molar-refractivity contribution < 1.29 is 17.0 Å². The van der Waals surface area contributed by atoms with Crippen LogP contribution < -0.4 is 17.0 Å². The molecule has 0 heterocycles. The summed E-state index contributed by atoms with van der Waals surface area (Å²) in [5.41, 5.74) is 1.26. The summed E-state index contributed by atoms with van der Waals surface area (Å²) in [6, 6.07) is 8.01. The van der Waals surface area contributed by atoms with Crippen LogP contribution in [0.25, 0.3) is 0 Å². The van der Waals surface area contributed by atoms with Crippen LogP contribution in [0.3, 0.4) is 0 Å². The van der Waals surface area contributed by atoms with Crippen molar-refractivity contribution >= 4 is 33.3 Å². The Balaban J connectivity index is 0.000001000. The molecule has 0 amide bonds. The van der Waals surface area contributed by atoms with Crippen LogP contribution in [0.2, 0.25) is 9.57 Å². The quantitative estimate of drug-likeness (QED) is 0.613. The SMILES string of the molecule is [Br-].[Mg+][CH2]Cc1ccccc1Cl. The molecule has 0 aliphatic rings. The summed E-state index contributed by atoms with van der Waals surface area (Å²) in [7, 11) is 0. The van der Waals surface area contributed by atoms with Gasteiger partial charge in [0, 0.05) is 0 Å². The van der Waals surface area contributed by atoms with Crippen LogP contribution in [0.15, 0.2) is 24.3 Å². The molecule has 0 atom stereocenters. The van der Waals surface area contributed by atoms with Gasteiger partial charge >= 0.3 is 79.1 Å². The van der Waals surface area contributed by atoms with Crippen LogP contribution in [0, 0.1) is 0 Å². The fourth-order valence-electron chi connectivity index (χ4n) is 0.892. The standard InChI is InChI=1S/C8H8Cl.BrH.Mg/c1-2-7-5-3-4-6-8(7)9;;/h3-6H,1-2H2;1H;/q;;+1/p-1. The van der Waals surface area contributed by atoms with E-state index in [2.05, 4.69) is 6.07 Å². The van der Waals surface area contributed by atoms with Crippen LogP contribution in [0.1, 0.15) is 5.56 Å². The fraction of sp³-hybridized carbons (Fsp3) is 0.250. The third kappa shape index (κ3) is 3.79. The van der Waals surface area contributed by atoms with E-state index in [9.17, 15) is 0 Å². The van der Waals surface area contributed by atoms with Gasteiger partial charge < -0.3 is 17.0 Å². The Morgan fingerprint density at radius 2 is 1.91 bits per heavy atom.